The molecule has 4 rings (SSSR count). The summed E-state index contributed by atoms with van der Waals surface area (Å²) in [6, 6.07) is 7.89. The fourth-order valence-electron chi connectivity index (χ4n) is 5.06. The van der Waals surface area contributed by atoms with Gasteiger partial charge in [-0.25, -0.2) is 0 Å². The Hall–Kier alpha value is -1.31. The van der Waals surface area contributed by atoms with Crippen LogP contribution in [-0.4, -0.2) is 47.2 Å². The normalized spacial score (nSPS) is 21.7. The number of thioether (sulfide) groups is 1. The number of hydrogen-bond acceptors (Lipinski definition) is 4. The molecule has 1 aromatic rings. The Bertz CT molecular complexity index is 751. The van der Waals surface area contributed by atoms with E-state index in [0.29, 0.717) is 15.7 Å². The molecule has 5 nitrogen and oxygen atoms in total. The number of ether oxygens (including phenoxy) is 1. The lowest BCUT2D eigenvalue weighted by Crippen LogP contribution is -2.30. The molecule has 1 aromatic carbocycles. The molecule has 31 heavy (non-hydrogen) atoms. The lowest BCUT2D eigenvalue weighted by atomic mass is 9.72. The van der Waals surface area contributed by atoms with E-state index < -0.39 is 0 Å². The van der Waals surface area contributed by atoms with Crippen molar-refractivity contribution < 1.29 is 4.74 Å². The van der Waals surface area contributed by atoms with Gasteiger partial charge in [0.15, 0.2) is 10.3 Å². The van der Waals surface area contributed by atoms with Gasteiger partial charge < -0.3 is 15.8 Å². The summed E-state index contributed by atoms with van der Waals surface area (Å²) in [5.74, 6) is 2.88. The van der Waals surface area contributed by atoms with Crippen molar-refractivity contribution in [3.63, 3.8) is 0 Å². The molecule has 2 aliphatic carbocycles. The Labute approximate surface area is 196 Å². The van der Waals surface area contributed by atoms with E-state index in [1.54, 1.807) is 11.8 Å². The second-order valence-electron chi connectivity index (χ2n) is 9.29. The summed E-state index contributed by atoms with van der Waals surface area (Å²) in [6.07, 6.45) is 12.3. The van der Waals surface area contributed by atoms with Gasteiger partial charge in [0.2, 0.25) is 0 Å². The zero-order valence-corrected chi connectivity index (χ0v) is 20.1. The molecule has 170 valence electrons. The van der Waals surface area contributed by atoms with Gasteiger partial charge in [-0.3, -0.25) is 4.90 Å². The van der Waals surface area contributed by atoms with Crippen molar-refractivity contribution in [2.45, 2.75) is 57.8 Å². The summed E-state index contributed by atoms with van der Waals surface area (Å²) in [6.45, 7) is 4.13. The van der Waals surface area contributed by atoms with Crippen LogP contribution in [0.2, 0.25) is 0 Å². The van der Waals surface area contributed by atoms with E-state index in [1.165, 1.54) is 70.9 Å². The molecule has 0 atom stereocenters. The van der Waals surface area contributed by atoms with E-state index in [0.717, 1.165) is 36.3 Å². The van der Waals surface area contributed by atoms with Crippen LogP contribution in [0.3, 0.4) is 0 Å². The average molecular weight is 461 g/mol. The highest BCUT2D eigenvalue weighted by Crippen LogP contribution is 2.54. The maximum Gasteiger partial charge on any atom is 0.199 e. The van der Waals surface area contributed by atoms with E-state index in [9.17, 15) is 0 Å². The molecule has 3 aliphatic rings. The van der Waals surface area contributed by atoms with Gasteiger partial charge in [-0.15, -0.1) is 0 Å². The number of thiocarbonyl (C=S) groups is 1. The van der Waals surface area contributed by atoms with Crippen LogP contribution < -0.4 is 15.8 Å². The van der Waals surface area contributed by atoms with Gasteiger partial charge in [0.1, 0.15) is 12.4 Å². The van der Waals surface area contributed by atoms with Crippen LogP contribution in [0, 0.1) is 11.3 Å². The Kier molecular flexibility index (Phi) is 8.13. The second kappa shape index (κ2) is 11.0. The van der Waals surface area contributed by atoms with Crippen LogP contribution in [-0.2, 0) is 0 Å². The molecule has 3 N–H and O–H groups in total. The third-order valence-corrected chi connectivity index (χ3v) is 8.29. The lowest BCUT2D eigenvalue weighted by Gasteiger charge is -2.37. The summed E-state index contributed by atoms with van der Waals surface area (Å²) in [5.41, 5.74) is 7.61. The summed E-state index contributed by atoms with van der Waals surface area (Å²) in [7, 11) is 0. The number of likely N-dealkylation sites (tertiary alicyclic amines) is 1. The van der Waals surface area contributed by atoms with E-state index in [-0.39, 0.29) is 0 Å². The number of nitrogens with two attached hydrogens (primary N) is 1. The molecular formula is C24H36N4OS2. The Morgan fingerprint density at radius 1 is 1.13 bits per heavy atom. The molecule has 0 spiro atoms. The minimum absolute atomic E-state index is 0.414. The Morgan fingerprint density at radius 2 is 1.84 bits per heavy atom. The largest absolute Gasteiger partial charge is 0.492 e. The SMILES string of the molecule is N/C(=N\C(=S)Nc1ccc(OCCN2CCCC2)cc1)SCC1(C2CC2)CCCCC1. The minimum atomic E-state index is 0.414. The third kappa shape index (κ3) is 6.83. The predicted molar refractivity (Wildman–Crippen MR) is 136 cm³/mol. The van der Waals surface area contributed by atoms with Crippen LogP contribution in [0.5, 0.6) is 5.75 Å². The molecule has 1 heterocycles. The molecule has 2 saturated carbocycles. The molecule has 1 saturated heterocycles. The monoisotopic (exact) mass is 460 g/mol. The van der Waals surface area contributed by atoms with Gasteiger partial charge in [-0.05, 0) is 99.4 Å². The van der Waals surface area contributed by atoms with Crippen LogP contribution in [0.15, 0.2) is 29.3 Å². The lowest BCUT2D eigenvalue weighted by molar-refractivity contribution is 0.187. The molecule has 0 amide bonds. The highest BCUT2D eigenvalue weighted by Gasteiger charge is 2.45. The first-order valence-electron chi connectivity index (χ1n) is 11.9. The molecule has 0 unspecified atom stereocenters. The minimum Gasteiger partial charge on any atom is -0.492 e. The highest BCUT2D eigenvalue weighted by molar-refractivity contribution is 8.13. The first kappa shape index (κ1) is 22.9. The molecule has 1 aliphatic heterocycles. The Morgan fingerprint density at radius 3 is 2.52 bits per heavy atom. The smallest absolute Gasteiger partial charge is 0.199 e. The second-order valence-corrected chi connectivity index (χ2v) is 10.7. The van der Waals surface area contributed by atoms with Crippen molar-refractivity contribution in [1.29, 1.82) is 0 Å². The summed E-state index contributed by atoms with van der Waals surface area (Å²) in [5, 5.41) is 4.16. The van der Waals surface area contributed by atoms with E-state index in [2.05, 4.69) is 15.2 Å². The standard InChI is InChI=1S/C24H36N4OS2/c25-22(31-18-24(19-6-7-19)12-2-1-3-13-24)27-23(30)26-20-8-10-21(11-9-20)29-17-16-28-14-4-5-15-28/h8-11,19H,1-7,12-18H2,(H3,25,26,27,30). The van der Waals surface area contributed by atoms with Crippen LogP contribution >= 0.6 is 24.0 Å². The molecular weight excluding hydrogens is 424 g/mol. The zero-order valence-electron chi connectivity index (χ0n) is 18.5. The first-order chi connectivity index (χ1) is 15.1. The van der Waals surface area contributed by atoms with Crippen molar-refractivity contribution >= 4 is 39.9 Å². The van der Waals surface area contributed by atoms with Crippen LogP contribution in [0.1, 0.15) is 57.8 Å². The van der Waals surface area contributed by atoms with Gasteiger partial charge in [-0.2, -0.15) is 4.99 Å². The van der Waals surface area contributed by atoms with E-state index in [4.69, 9.17) is 22.7 Å². The van der Waals surface area contributed by atoms with Gasteiger partial charge in [0, 0.05) is 18.0 Å². The quantitative estimate of drug-likeness (QED) is 0.313. The maximum absolute atomic E-state index is 6.22. The number of benzene rings is 1. The number of hydrogen-bond donors (Lipinski definition) is 2. The summed E-state index contributed by atoms with van der Waals surface area (Å²) in [4.78, 5) is 6.88. The third-order valence-electron chi connectivity index (χ3n) is 6.99. The van der Waals surface area contributed by atoms with Crippen molar-refractivity contribution in [3.8, 4) is 5.75 Å². The van der Waals surface area contributed by atoms with E-state index in [1.807, 2.05) is 24.3 Å². The maximum atomic E-state index is 6.22. The molecule has 7 heteroatoms. The zero-order chi connectivity index (χ0) is 21.5. The molecule has 0 bridgehead atoms. The number of nitrogens with one attached hydrogen (secondary N) is 1. The first-order valence-corrected chi connectivity index (χ1v) is 13.3. The van der Waals surface area contributed by atoms with Crippen molar-refractivity contribution in [3.05, 3.63) is 24.3 Å². The van der Waals surface area contributed by atoms with Crippen molar-refractivity contribution in [1.82, 2.24) is 4.90 Å². The number of anilines is 1. The number of aliphatic imine (C=N–C) groups is 1. The number of amidine groups is 1. The fourth-order valence-corrected chi connectivity index (χ4v) is 6.45. The van der Waals surface area contributed by atoms with Crippen LogP contribution in [0.25, 0.3) is 0 Å². The van der Waals surface area contributed by atoms with Gasteiger partial charge in [0.05, 0.1) is 0 Å². The number of nitrogens with zero attached hydrogens (tertiary/aromatic N) is 2. The van der Waals surface area contributed by atoms with Crippen molar-refractivity contribution in [2.75, 3.05) is 37.3 Å². The summed E-state index contributed by atoms with van der Waals surface area (Å²) < 4.78 is 5.86. The fraction of sp³-hybridized carbons (Fsp3) is 0.667. The van der Waals surface area contributed by atoms with Gasteiger partial charge in [-0.1, -0.05) is 31.0 Å². The summed E-state index contributed by atoms with van der Waals surface area (Å²) >= 11 is 7.10. The van der Waals surface area contributed by atoms with Crippen molar-refractivity contribution in [2.24, 2.45) is 22.1 Å². The van der Waals surface area contributed by atoms with E-state index >= 15 is 0 Å². The highest BCUT2D eigenvalue weighted by atomic mass is 32.2. The predicted octanol–water partition coefficient (Wildman–Crippen LogP) is 5.27. The van der Waals surface area contributed by atoms with Gasteiger partial charge in [0.25, 0.3) is 0 Å². The molecule has 0 aromatic heterocycles. The molecule has 0 radical (unpaired) electrons. The van der Waals surface area contributed by atoms with Crippen LogP contribution in [0.4, 0.5) is 5.69 Å². The average Bonchev–Trinajstić information content (AvgIpc) is 3.52. The Balaban J connectivity index is 1.20. The number of rotatable bonds is 8. The van der Waals surface area contributed by atoms with Gasteiger partial charge >= 0.3 is 0 Å². The molecule has 3 fully saturated rings. The topological polar surface area (TPSA) is 62.9 Å².